The molecule has 0 amide bonds. The first-order chi connectivity index (χ1) is 11.0. The summed E-state index contributed by atoms with van der Waals surface area (Å²) in [6.07, 6.45) is 6.00. The minimum atomic E-state index is 0.100. The average Bonchev–Trinajstić information content (AvgIpc) is 2.55. The van der Waals surface area contributed by atoms with Gasteiger partial charge in [-0.25, -0.2) is 0 Å². The molecule has 3 rings (SSSR count). The van der Waals surface area contributed by atoms with E-state index in [1.54, 1.807) is 0 Å². The summed E-state index contributed by atoms with van der Waals surface area (Å²) in [6.45, 7) is 7.00. The first kappa shape index (κ1) is 16.0. The van der Waals surface area contributed by atoms with Gasteiger partial charge in [-0.1, -0.05) is 62.4 Å². The van der Waals surface area contributed by atoms with E-state index in [4.69, 9.17) is 5.11 Å². The third-order valence-corrected chi connectivity index (χ3v) is 5.09. The van der Waals surface area contributed by atoms with Crippen LogP contribution < -0.4 is 0 Å². The molecule has 0 unspecified atom stereocenters. The Morgan fingerprint density at radius 2 is 1.87 bits per heavy atom. The molecule has 1 N–H and O–H groups in total. The molecule has 1 aliphatic carbocycles. The van der Waals surface area contributed by atoms with Crippen LogP contribution in [0.2, 0.25) is 0 Å². The fourth-order valence-corrected chi connectivity index (χ4v) is 3.58. The smallest absolute Gasteiger partial charge is 0.0681 e. The third kappa shape index (κ3) is 3.40. The van der Waals surface area contributed by atoms with E-state index in [9.17, 15) is 0 Å². The second-order valence-corrected chi connectivity index (χ2v) is 7.34. The average molecular weight is 306 g/mol. The SMILES string of the molecule is C/C(=C\c1ccc(CO)cc1)c1ccc2c(c1)C(C)(C)CCC2. The summed E-state index contributed by atoms with van der Waals surface area (Å²) >= 11 is 0. The molecule has 0 atom stereocenters. The molecule has 23 heavy (non-hydrogen) atoms. The van der Waals surface area contributed by atoms with Gasteiger partial charge in [0.15, 0.2) is 0 Å². The lowest BCUT2D eigenvalue weighted by Crippen LogP contribution is -2.23. The molecule has 0 aromatic heterocycles. The molecule has 0 aliphatic heterocycles. The lowest BCUT2D eigenvalue weighted by molar-refractivity contribution is 0.282. The largest absolute Gasteiger partial charge is 0.392 e. The second-order valence-electron chi connectivity index (χ2n) is 7.34. The summed E-state index contributed by atoms with van der Waals surface area (Å²) in [5.74, 6) is 0. The van der Waals surface area contributed by atoms with Crippen LogP contribution in [0, 0.1) is 0 Å². The highest BCUT2D eigenvalue weighted by molar-refractivity contribution is 5.80. The number of hydrogen-bond acceptors (Lipinski definition) is 1. The first-order valence-electron chi connectivity index (χ1n) is 8.51. The Kier molecular flexibility index (Phi) is 4.41. The monoisotopic (exact) mass is 306 g/mol. The Morgan fingerprint density at radius 3 is 2.57 bits per heavy atom. The quantitative estimate of drug-likeness (QED) is 0.757. The minimum absolute atomic E-state index is 0.100. The number of hydrogen-bond donors (Lipinski definition) is 1. The van der Waals surface area contributed by atoms with Gasteiger partial charge in [-0.2, -0.15) is 0 Å². The highest BCUT2D eigenvalue weighted by Crippen LogP contribution is 2.38. The van der Waals surface area contributed by atoms with Crippen LogP contribution in [-0.4, -0.2) is 5.11 Å². The zero-order chi connectivity index (χ0) is 16.4. The zero-order valence-electron chi connectivity index (χ0n) is 14.4. The van der Waals surface area contributed by atoms with Crippen molar-refractivity contribution in [1.82, 2.24) is 0 Å². The molecule has 0 radical (unpaired) electrons. The summed E-state index contributed by atoms with van der Waals surface area (Å²) in [5.41, 5.74) is 8.05. The predicted octanol–water partition coefficient (Wildman–Crippen LogP) is 5.35. The van der Waals surface area contributed by atoms with Crippen molar-refractivity contribution >= 4 is 11.6 Å². The van der Waals surface area contributed by atoms with Crippen molar-refractivity contribution in [3.8, 4) is 0 Å². The Labute approximate surface area is 139 Å². The van der Waals surface area contributed by atoms with Crippen LogP contribution in [0.3, 0.4) is 0 Å². The highest BCUT2D eigenvalue weighted by Gasteiger charge is 2.27. The van der Waals surface area contributed by atoms with Crippen molar-refractivity contribution in [1.29, 1.82) is 0 Å². The molecule has 0 fully saturated rings. The molecule has 1 nitrogen and oxygen atoms in total. The number of allylic oxidation sites excluding steroid dienone is 1. The maximum absolute atomic E-state index is 9.13. The number of aliphatic hydroxyl groups is 1. The van der Waals surface area contributed by atoms with Crippen molar-refractivity contribution in [2.24, 2.45) is 0 Å². The molecule has 0 bridgehead atoms. The van der Waals surface area contributed by atoms with Gasteiger partial charge in [0.1, 0.15) is 0 Å². The fraction of sp³-hybridized carbons (Fsp3) is 0.364. The molecule has 0 spiro atoms. The first-order valence-corrected chi connectivity index (χ1v) is 8.51. The minimum Gasteiger partial charge on any atom is -0.392 e. The Bertz CT molecular complexity index is 720. The van der Waals surface area contributed by atoms with Gasteiger partial charge in [0.05, 0.1) is 6.61 Å². The molecular formula is C22H26O. The zero-order valence-corrected chi connectivity index (χ0v) is 14.4. The lowest BCUT2D eigenvalue weighted by Gasteiger charge is -2.33. The van der Waals surface area contributed by atoms with Crippen LogP contribution in [-0.2, 0) is 18.4 Å². The molecule has 1 aliphatic rings. The lowest BCUT2D eigenvalue weighted by atomic mass is 9.72. The van der Waals surface area contributed by atoms with Crippen LogP contribution in [0.25, 0.3) is 11.6 Å². The topological polar surface area (TPSA) is 20.2 Å². The van der Waals surface area contributed by atoms with E-state index < -0.39 is 0 Å². The summed E-state index contributed by atoms with van der Waals surface area (Å²) in [7, 11) is 0. The molecule has 120 valence electrons. The van der Waals surface area contributed by atoms with E-state index in [0.29, 0.717) is 0 Å². The number of fused-ring (bicyclic) bond motifs is 1. The predicted molar refractivity (Wildman–Crippen MR) is 98.3 cm³/mol. The normalized spacial score (nSPS) is 17.0. The van der Waals surface area contributed by atoms with Crippen LogP contribution in [0.4, 0.5) is 0 Å². The fourth-order valence-electron chi connectivity index (χ4n) is 3.58. The number of benzene rings is 2. The molecule has 0 heterocycles. The van der Waals surface area contributed by atoms with Gasteiger partial charge in [-0.15, -0.1) is 0 Å². The van der Waals surface area contributed by atoms with Gasteiger partial charge in [-0.3, -0.25) is 0 Å². The van der Waals surface area contributed by atoms with E-state index in [-0.39, 0.29) is 12.0 Å². The summed E-state index contributed by atoms with van der Waals surface area (Å²) < 4.78 is 0. The molecule has 2 aromatic rings. The van der Waals surface area contributed by atoms with E-state index in [1.807, 2.05) is 12.1 Å². The van der Waals surface area contributed by atoms with E-state index in [2.05, 4.69) is 57.2 Å². The number of rotatable bonds is 3. The maximum atomic E-state index is 9.13. The Hall–Kier alpha value is -1.86. The van der Waals surface area contributed by atoms with Crippen LogP contribution >= 0.6 is 0 Å². The summed E-state index contributed by atoms with van der Waals surface area (Å²) in [5, 5.41) is 9.13. The highest BCUT2D eigenvalue weighted by atomic mass is 16.3. The molecule has 2 aromatic carbocycles. The number of aliphatic hydroxyl groups excluding tert-OH is 1. The van der Waals surface area contributed by atoms with Crippen molar-refractivity contribution in [3.05, 3.63) is 70.3 Å². The van der Waals surface area contributed by atoms with Gasteiger partial charge in [-0.05, 0) is 65.0 Å². The van der Waals surface area contributed by atoms with Crippen LogP contribution in [0.15, 0.2) is 42.5 Å². The Balaban J connectivity index is 1.93. The van der Waals surface area contributed by atoms with Crippen molar-refractivity contribution in [3.63, 3.8) is 0 Å². The van der Waals surface area contributed by atoms with Gasteiger partial charge >= 0.3 is 0 Å². The molecule has 0 saturated heterocycles. The summed E-state index contributed by atoms with van der Waals surface area (Å²) in [6, 6.07) is 15.1. The third-order valence-electron chi connectivity index (χ3n) is 5.09. The van der Waals surface area contributed by atoms with E-state index >= 15 is 0 Å². The standard InChI is InChI=1S/C22H26O/c1-16(13-17-6-8-18(15-23)9-7-17)20-11-10-19-5-4-12-22(2,3)21(19)14-20/h6-11,13-14,23H,4-5,12,15H2,1-3H3/b16-13+. The van der Waals surface area contributed by atoms with Crippen molar-refractivity contribution < 1.29 is 5.11 Å². The molecule has 0 saturated carbocycles. The van der Waals surface area contributed by atoms with Gasteiger partial charge in [0, 0.05) is 0 Å². The Morgan fingerprint density at radius 1 is 1.13 bits per heavy atom. The van der Waals surface area contributed by atoms with E-state index in [1.165, 1.54) is 47.1 Å². The molecule has 1 heteroatoms. The van der Waals surface area contributed by atoms with Gasteiger partial charge in [0.2, 0.25) is 0 Å². The van der Waals surface area contributed by atoms with Crippen LogP contribution in [0.5, 0.6) is 0 Å². The summed E-state index contributed by atoms with van der Waals surface area (Å²) in [4.78, 5) is 0. The van der Waals surface area contributed by atoms with Crippen molar-refractivity contribution in [2.45, 2.75) is 52.1 Å². The van der Waals surface area contributed by atoms with Gasteiger partial charge < -0.3 is 5.11 Å². The van der Waals surface area contributed by atoms with E-state index in [0.717, 1.165) is 5.56 Å². The second kappa shape index (κ2) is 6.33. The molecular weight excluding hydrogens is 280 g/mol. The van der Waals surface area contributed by atoms with Crippen LogP contribution in [0.1, 0.15) is 61.4 Å². The van der Waals surface area contributed by atoms with Gasteiger partial charge in [0.25, 0.3) is 0 Å². The number of aryl methyl sites for hydroxylation is 1. The van der Waals surface area contributed by atoms with Crippen molar-refractivity contribution in [2.75, 3.05) is 0 Å². The maximum Gasteiger partial charge on any atom is 0.0681 e.